The highest BCUT2D eigenvalue weighted by molar-refractivity contribution is 5.90. The summed E-state index contributed by atoms with van der Waals surface area (Å²) >= 11 is 0. The van der Waals surface area contributed by atoms with E-state index in [0.717, 1.165) is 35.3 Å². The maximum absolute atomic E-state index is 5.32. The zero-order valence-corrected chi connectivity index (χ0v) is 14.9. The van der Waals surface area contributed by atoms with Crippen molar-refractivity contribution in [3.8, 4) is 5.75 Å². The highest BCUT2D eigenvalue weighted by atomic mass is 16.5. The molecule has 0 aliphatic heterocycles. The maximum atomic E-state index is 5.32. The van der Waals surface area contributed by atoms with E-state index in [1.165, 1.54) is 0 Å². The third kappa shape index (κ3) is 4.20. The van der Waals surface area contributed by atoms with Crippen LogP contribution in [0, 0.1) is 5.41 Å². The summed E-state index contributed by atoms with van der Waals surface area (Å²) in [7, 11) is 1.64. The second kappa shape index (κ2) is 7.00. The summed E-state index contributed by atoms with van der Waals surface area (Å²) < 4.78 is 5.32. The Bertz CT molecular complexity index is 827. The van der Waals surface area contributed by atoms with Crippen LogP contribution in [0.4, 0.5) is 5.82 Å². The van der Waals surface area contributed by atoms with Crippen molar-refractivity contribution in [1.82, 2.24) is 30.6 Å². The van der Waals surface area contributed by atoms with Gasteiger partial charge in [0, 0.05) is 5.39 Å². The third-order valence-electron chi connectivity index (χ3n) is 4.01. The van der Waals surface area contributed by atoms with Gasteiger partial charge in [0.2, 0.25) is 0 Å². The molecule has 8 heteroatoms. The number of fused-ring (bicyclic) bond motifs is 1. The largest absolute Gasteiger partial charge is 0.497 e. The molecule has 2 heterocycles. The van der Waals surface area contributed by atoms with Gasteiger partial charge in [-0.3, -0.25) is 0 Å². The van der Waals surface area contributed by atoms with Crippen LogP contribution < -0.4 is 10.1 Å². The molecule has 0 amide bonds. The van der Waals surface area contributed by atoms with Crippen LogP contribution in [-0.2, 0) is 0 Å². The van der Waals surface area contributed by atoms with Crippen LogP contribution in [0.2, 0.25) is 0 Å². The summed E-state index contributed by atoms with van der Waals surface area (Å²) in [5.41, 5.74) is 1.06. The van der Waals surface area contributed by atoms with Crippen molar-refractivity contribution < 1.29 is 4.74 Å². The molecule has 0 spiro atoms. The number of hydrogen-bond donors (Lipinski definition) is 2. The molecule has 0 saturated carbocycles. The van der Waals surface area contributed by atoms with Gasteiger partial charge in [-0.05, 0) is 36.5 Å². The summed E-state index contributed by atoms with van der Waals surface area (Å²) in [6.07, 6.45) is 3.41. The molecule has 0 fully saturated rings. The van der Waals surface area contributed by atoms with Gasteiger partial charge in [0.05, 0.1) is 18.7 Å². The molecular formula is C17H23N7O. The van der Waals surface area contributed by atoms with Gasteiger partial charge in [0.1, 0.15) is 17.9 Å². The minimum Gasteiger partial charge on any atom is -0.497 e. The molecular weight excluding hydrogens is 318 g/mol. The van der Waals surface area contributed by atoms with Crippen LogP contribution >= 0.6 is 0 Å². The predicted octanol–water partition coefficient (Wildman–Crippen LogP) is 3.13. The lowest BCUT2D eigenvalue weighted by Crippen LogP contribution is -2.17. The molecule has 3 rings (SSSR count). The average Bonchev–Trinajstić information content (AvgIpc) is 3.12. The van der Waals surface area contributed by atoms with Gasteiger partial charge in [-0.1, -0.05) is 26.0 Å². The van der Waals surface area contributed by atoms with E-state index < -0.39 is 0 Å². The Morgan fingerprint density at radius 3 is 2.76 bits per heavy atom. The smallest absolute Gasteiger partial charge is 0.196 e. The van der Waals surface area contributed by atoms with E-state index in [1.54, 1.807) is 13.4 Å². The summed E-state index contributed by atoms with van der Waals surface area (Å²) in [4.78, 5) is 8.73. The van der Waals surface area contributed by atoms with Gasteiger partial charge in [0.15, 0.2) is 5.82 Å². The van der Waals surface area contributed by atoms with Crippen LogP contribution in [0.1, 0.15) is 45.5 Å². The summed E-state index contributed by atoms with van der Waals surface area (Å²) in [5.74, 6) is 2.11. The molecule has 0 saturated heterocycles. The number of nitrogens with zero attached hydrogens (tertiary/aromatic N) is 5. The zero-order chi connectivity index (χ0) is 17.9. The number of H-pyrrole nitrogens is 1. The van der Waals surface area contributed by atoms with Crippen LogP contribution in [0.5, 0.6) is 5.75 Å². The highest BCUT2D eigenvalue weighted by Crippen LogP contribution is 2.30. The van der Waals surface area contributed by atoms with Gasteiger partial charge in [0.25, 0.3) is 0 Å². The molecule has 25 heavy (non-hydrogen) atoms. The van der Waals surface area contributed by atoms with Crippen LogP contribution in [-0.4, -0.2) is 37.7 Å². The molecule has 3 aromatic rings. The Hall–Kier alpha value is -2.77. The lowest BCUT2D eigenvalue weighted by Gasteiger charge is -2.23. The van der Waals surface area contributed by atoms with Crippen molar-refractivity contribution in [2.75, 3.05) is 12.4 Å². The number of aromatic amines is 1. The van der Waals surface area contributed by atoms with E-state index in [4.69, 9.17) is 4.74 Å². The van der Waals surface area contributed by atoms with Gasteiger partial charge in [-0.2, -0.15) is 5.21 Å². The predicted molar refractivity (Wildman–Crippen MR) is 95.3 cm³/mol. The molecule has 0 aliphatic rings. The Kier molecular flexibility index (Phi) is 4.78. The minimum absolute atomic E-state index is 0.0951. The van der Waals surface area contributed by atoms with E-state index in [1.807, 2.05) is 18.2 Å². The minimum atomic E-state index is -0.0951. The van der Waals surface area contributed by atoms with Crippen molar-refractivity contribution in [3.63, 3.8) is 0 Å². The van der Waals surface area contributed by atoms with Crippen molar-refractivity contribution in [2.24, 2.45) is 5.41 Å². The molecule has 2 aromatic heterocycles. The van der Waals surface area contributed by atoms with E-state index >= 15 is 0 Å². The molecule has 1 atom stereocenters. The molecule has 0 bridgehead atoms. The van der Waals surface area contributed by atoms with Crippen LogP contribution in [0.3, 0.4) is 0 Å². The summed E-state index contributed by atoms with van der Waals surface area (Å²) in [6, 6.07) is 5.63. The lowest BCUT2D eigenvalue weighted by atomic mass is 9.88. The molecule has 0 radical (unpaired) electrons. The van der Waals surface area contributed by atoms with Gasteiger partial charge < -0.3 is 10.1 Å². The Morgan fingerprint density at radius 2 is 2.08 bits per heavy atom. The fourth-order valence-corrected chi connectivity index (χ4v) is 2.60. The number of nitrogens with one attached hydrogen (secondary N) is 2. The first kappa shape index (κ1) is 17.1. The molecule has 8 nitrogen and oxygen atoms in total. The number of rotatable bonds is 6. The first-order valence-electron chi connectivity index (χ1n) is 8.25. The van der Waals surface area contributed by atoms with Gasteiger partial charge in [-0.25, -0.2) is 9.97 Å². The second-order valence-electron chi connectivity index (χ2n) is 7.17. The Morgan fingerprint density at radius 1 is 1.24 bits per heavy atom. The van der Waals surface area contributed by atoms with Crippen molar-refractivity contribution >= 4 is 16.7 Å². The standard InChI is InChI=1S/C17H23N7O/c1-17(2,3)8-7-14(16-21-23-24-22-16)20-15-12-9-11(25-4)5-6-13(12)18-10-19-15/h5-6,9-10,14H,7-8H2,1-4H3,(H,18,19,20)(H,21,22,23,24). The molecule has 1 aromatic carbocycles. The fraction of sp³-hybridized carbons (Fsp3) is 0.471. The summed E-state index contributed by atoms with van der Waals surface area (Å²) in [6.45, 7) is 6.64. The number of anilines is 1. The number of ether oxygens (including phenoxy) is 1. The number of methoxy groups -OCH3 is 1. The van der Waals surface area contributed by atoms with Crippen molar-refractivity contribution in [1.29, 1.82) is 0 Å². The number of hydrogen-bond acceptors (Lipinski definition) is 7. The maximum Gasteiger partial charge on any atom is 0.196 e. The van der Waals surface area contributed by atoms with Gasteiger partial charge in [-0.15, -0.1) is 10.2 Å². The zero-order valence-electron chi connectivity index (χ0n) is 14.9. The van der Waals surface area contributed by atoms with Gasteiger partial charge >= 0.3 is 0 Å². The average molecular weight is 341 g/mol. The molecule has 132 valence electrons. The van der Waals surface area contributed by atoms with E-state index in [2.05, 4.69) is 56.7 Å². The lowest BCUT2D eigenvalue weighted by molar-refractivity contribution is 0.352. The first-order valence-corrected chi connectivity index (χ1v) is 8.25. The van der Waals surface area contributed by atoms with Crippen molar-refractivity contribution in [2.45, 2.75) is 39.7 Å². The number of benzene rings is 1. The fourth-order valence-electron chi connectivity index (χ4n) is 2.60. The van der Waals surface area contributed by atoms with E-state index in [0.29, 0.717) is 5.82 Å². The second-order valence-corrected chi connectivity index (χ2v) is 7.17. The monoisotopic (exact) mass is 341 g/mol. The van der Waals surface area contributed by atoms with E-state index in [-0.39, 0.29) is 11.5 Å². The number of aromatic nitrogens is 6. The molecule has 0 aliphatic carbocycles. The molecule has 2 N–H and O–H groups in total. The normalized spacial score (nSPS) is 13.0. The Labute approximate surface area is 146 Å². The third-order valence-corrected chi connectivity index (χ3v) is 4.01. The first-order chi connectivity index (χ1) is 12.0. The van der Waals surface area contributed by atoms with Crippen LogP contribution in [0.15, 0.2) is 24.5 Å². The topological polar surface area (TPSA) is 102 Å². The molecule has 1 unspecified atom stereocenters. The van der Waals surface area contributed by atoms with E-state index in [9.17, 15) is 0 Å². The SMILES string of the molecule is COc1ccc2ncnc(NC(CCC(C)(C)C)c3nn[nH]n3)c2c1. The highest BCUT2D eigenvalue weighted by Gasteiger charge is 2.21. The van der Waals surface area contributed by atoms with Crippen molar-refractivity contribution in [3.05, 3.63) is 30.4 Å². The number of tetrazole rings is 1. The quantitative estimate of drug-likeness (QED) is 0.710. The Balaban J connectivity index is 1.92. The van der Waals surface area contributed by atoms with Crippen LogP contribution in [0.25, 0.3) is 10.9 Å². The summed E-state index contributed by atoms with van der Waals surface area (Å²) in [5, 5.41) is 18.9.